The Morgan fingerprint density at radius 1 is 1.22 bits per heavy atom. The molecule has 1 aromatic rings. The normalized spacial score (nSPS) is 32.5. The minimum atomic E-state index is -0.353. The van der Waals surface area contributed by atoms with Gasteiger partial charge >= 0.3 is 6.03 Å². The van der Waals surface area contributed by atoms with E-state index in [9.17, 15) is 9.59 Å². The van der Waals surface area contributed by atoms with Gasteiger partial charge in [0.25, 0.3) is 0 Å². The van der Waals surface area contributed by atoms with E-state index < -0.39 is 0 Å². The standard InChI is InChI=1S/C21H31N3O2S/c1-13-4-5-27-18(13)12-24(3)14(2)19(25)22-20(26)23-21-9-15-6-16(10-21)8-17(7-15)11-21/h4-5,14-17H,6-12H2,1-3H3,(H2,22,23,25,26)/t14-,15?,16?,17?,21?/m0/s1. The molecule has 0 unspecified atom stereocenters. The molecule has 2 N–H and O–H groups in total. The van der Waals surface area contributed by atoms with E-state index in [1.807, 2.05) is 18.9 Å². The lowest BCUT2D eigenvalue weighted by Gasteiger charge is -2.56. The zero-order chi connectivity index (χ0) is 19.2. The van der Waals surface area contributed by atoms with Crippen LogP contribution in [0.3, 0.4) is 0 Å². The maximum atomic E-state index is 12.6. The van der Waals surface area contributed by atoms with Crippen LogP contribution in [0, 0.1) is 24.7 Å². The molecule has 27 heavy (non-hydrogen) atoms. The highest BCUT2D eigenvalue weighted by Gasteiger charge is 2.51. The lowest BCUT2D eigenvalue weighted by molar-refractivity contribution is -0.124. The lowest BCUT2D eigenvalue weighted by Crippen LogP contribution is -2.62. The molecule has 0 saturated heterocycles. The predicted octanol–water partition coefficient (Wildman–Crippen LogP) is 3.67. The van der Waals surface area contributed by atoms with E-state index in [1.165, 1.54) is 29.7 Å². The summed E-state index contributed by atoms with van der Waals surface area (Å²) in [7, 11) is 1.93. The number of nitrogens with one attached hydrogen (secondary N) is 2. The summed E-state index contributed by atoms with van der Waals surface area (Å²) in [6.45, 7) is 4.66. The zero-order valence-corrected chi connectivity index (χ0v) is 17.4. The maximum absolute atomic E-state index is 12.6. The van der Waals surface area contributed by atoms with E-state index in [0.29, 0.717) is 6.54 Å². The van der Waals surface area contributed by atoms with Crippen molar-refractivity contribution in [3.63, 3.8) is 0 Å². The van der Waals surface area contributed by atoms with Gasteiger partial charge in [-0.3, -0.25) is 15.0 Å². The van der Waals surface area contributed by atoms with Crippen molar-refractivity contribution >= 4 is 23.3 Å². The minimum absolute atomic E-state index is 0.0671. The SMILES string of the molecule is Cc1ccsc1CN(C)[C@@H](C)C(=O)NC(=O)NC12CC3CC(CC(C3)C1)C2. The van der Waals surface area contributed by atoms with Gasteiger partial charge in [0.15, 0.2) is 0 Å². The average Bonchev–Trinajstić information content (AvgIpc) is 2.96. The van der Waals surface area contributed by atoms with Crippen LogP contribution < -0.4 is 10.6 Å². The van der Waals surface area contributed by atoms with Crippen molar-refractivity contribution in [3.8, 4) is 0 Å². The van der Waals surface area contributed by atoms with E-state index >= 15 is 0 Å². The van der Waals surface area contributed by atoms with Crippen LogP contribution in [0.1, 0.15) is 55.9 Å². The third-order valence-electron chi connectivity index (χ3n) is 7.06. The summed E-state index contributed by atoms with van der Waals surface area (Å²) in [6, 6.07) is 1.43. The first kappa shape index (κ1) is 18.9. The molecular weight excluding hydrogens is 358 g/mol. The number of amides is 3. The zero-order valence-electron chi connectivity index (χ0n) is 16.6. The number of carbonyl (C=O) groups excluding carboxylic acids is 2. The molecule has 5 rings (SSSR count). The van der Waals surface area contributed by atoms with Gasteiger partial charge in [0.1, 0.15) is 0 Å². The van der Waals surface area contributed by atoms with Gasteiger partial charge in [0, 0.05) is 17.0 Å². The van der Waals surface area contributed by atoms with Gasteiger partial charge in [-0.2, -0.15) is 0 Å². The Balaban J connectivity index is 1.31. The summed E-state index contributed by atoms with van der Waals surface area (Å²) >= 11 is 1.70. The third-order valence-corrected chi connectivity index (χ3v) is 8.06. The van der Waals surface area contributed by atoms with Gasteiger partial charge in [0.2, 0.25) is 5.91 Å². The van der Waals surface area contributed by atoms with Crippen molar-refractivity contribution < 1.29 is 9.59 Å². The van der Waals surface area contributed by atoms with Gasteiger partial charge < -0.3 is 5.32 Å². The van der Waals surface area contributed by atoms with Crippen molar-refractivity contribution in [2.45, 2.75) is 70.5 Å². The molecule has 0 spiro atoms. The number of urea groups is 1. The van der Waals surface area contributed by atoms with Crippen LogP contribution in [0.5, 0.6) is 0 Å². The van der Waals surface area contributed by atoms with Gasteiger partial charge in [-0.05, 0) is 94.2 Å². The molecule has 148 valence electrons. The van der Waals surface area contributed by atoms with Crippen LogP contribution >= 0.6 is 11.3 Å². The number of likely N-dealkylation sites (N-methyl/N-ethyl adjacent to an activating group) is 1. The van der Waals surface area contributed by atoms with Crippen LogP contribution in [-0.2, 0) is 11.3 Å². The maximum Gasteiger partial charge on any atom is 0.321 e. The van der Waals surface area contributed by atoms with Crippen molar-refractivity contribution in [2.24, 2.45) is 17.8 Å². The van der Waals surface area contributed by atoms with Crippen LogP contribution in [0.2, 0.25) is 0 Å². The van der Waals surface area contributed by atoms with Crippen molar-refractivity contribution in [1.82, 2.24) is 15.5 Å². The summed E-state index contributed by atoms with van der Waals surface area (Å²) in [6.07, 6.45) is 7.29. The predicted molar refractivity (Wildman–Crippen MR) is 108 cm³/mol. The van der Waals surface area contributed by atoms with Crippen molar-refractivity contribution in [2.75, 3.05) is 7.05 Å². The first-order valence-electron chi connectivity index (χ1n) is 10.2. The smallest absolute Gasteiger partial charge is 0.321 e. The van der Waals surface area contributed by atoms with E-state index in [2.05, 4.69) is 29.0 Å². The van der Waals surface area contributed by atoms with Crippen molar-refractivity contribution in [3.05, 3.63) is 21.9 Å². The summed E-state index contributed by atoms with van der Waals surface area (Å²) in [5.41, 5.74) is 1.18. The van der Waals surface area contributed by atoms with Gasteiger partial charge in [-0.15, -0.1) is 11.3 Å². The summed E-state index contributed by atoms with van der Waals surface area (Å²) in [5, 5.41) is 7.89. The Bertz CT molecular complexity index is 693. The molecular formula is C21H31N3O2S. The van der Waals surface area contributed by atoms with Gasteiger partial charge in [-0.25, -0.2) is 4.79 Å². The number of thiophene rings is 1. The highest BCUT2D eigenvalue weighted by Crippen LogP contribution is 2.55. The molecule has 4 bridgehead atoms. The highest BCUT2D eigenvalue weighted by atomic mass is 32.1. The molecule has 4 fully saturated rings. The lowest BCUT2D eigenvalue weighted by atomic mass is 9.53. The fraction of sp³-hybridized carbons (Fsp3) is 0.714. The van der Waals surface area contributed by atoms with Crippen molar-refractivity contribution in [1.29, 1.82) is 0 Å². The number of hydrogen-bond donors (Lipinski definition) is 2. The summed E-state index contributed by atoms with van der Waals surface area (Å²) in [5.74, 6) is 2.08. The monoisotopic (exact) mass is 389 g/mol. The molecule has 4 aliphatic rings. The summed E-state index contributed by atoms with van der Waals surface area (Å²) in [4.78, 5) is 28.4. The molecule has 1 atom stereocenters. The molecule has 0 aromatic carbocycles. The second kappa shape index (κ2) is 7.21. The third kappa shape index (κ3) is 3.92. The topological polar surface area (TPSA) is 61.4 Å². The molecule has 5 nitrogen and oxygen atoms in total. The van der Waals surface area contributed by atoms with Crippen LogP contribution in [0.25, 0.3) is 0 Å². The first-order chi connectivity index (χ1) is 12.8. The molecule has 1 aromatic heterocycles. The quantitative estimate of drug-likeness (QED) is 0.808. The molecule has 4 aliphatic carbocycles. The first-order valence-corrected chi connectivity index (χ1v) is 11.1. The fourth-order valence-corrected chi connectivity index (χ4v) is 6.85. The van der Waals surface area contributed by atoms with Gasteiger partial charge in [-0.1, -0.05) is 0 Å². The van der Waals surface area contributed by atoms with Crippen LogP contribution in [0.4, 0.5) is 4.79 Å². The molecule has 3 amide bonds. The number of aryl methyl sites for hydroxylation is 1. The van der Waals surface area contributed by atoms with E-state index in [-0.39, 0.29) is 23.5 Å². The number of rotatable bonds is 5. The highest BCUT2D eigenvalue weighted by molar-refractivity contribution is 7.10. The largest absolute Gasteiger partial charge is 0.332 e. The Kier molecular flexibility index (Phi) is 5.06. The average molecular weight is 390 g/mol. The van der Waals surface area contributed by atoms with E-state index in [1.54, 1.807) is 11.3 Å². The number of imide groups is 1. The second-order valence-electron chi connectivity index (χ2n) is 9.26. The number of carbonyl (C=O) groups is 2. The number of nitrogens with zero attached hydrogens (tertiary/aromatic N) is 1. The molecule has 1 heterocycles. The molecule has 6 heteroatoms. The summed E-state index contributed by atoms with van der Waals surface area (Å²) < 4.78 is 0. The van der Waals surface area contributed by atoms with Gasteiger partial charge in [0.05, 0.1) is 6.04 Å². The molecule has 0 radical (unpaired) electrons. The molecule has 0 aliphatic heterocycles. The van der Waals surface area contributed by atoms with Crippen LogP contribution in [-0.4, -0.2) is 35.5 Å². The van der Waals surface area contributed by atoms with E-state index in [0.717, 1.165) is 37.0 Å². The van der Waals surface area contributed by atoms with E-state index in [4.69, 9.17) is 0 Å². The Morgan fingerprint density at radius 3 is 2.33 bits per heavy atom. The molecule has 4 saturated carbocycles. The Labute approximate surface area is 165 Å². The van der Waals surface area contributed by atoms with Crippen LogP contribution in [0.15, 0.2) is 11.4 Å². The Hall–Kier alpha value is -1.40. The fourth-order valence-electron chi connectivity index (χ4n) is 5.88. The minimum Gasteiger partial charge on any atom is -0.332 e. The second-order valence-corrected chi connectivity index (χ2v) is 10.3. The Morgan fingerprint density at radius 2 is 1.81 bits per heavy atom. The number of hydrogen-bond acceptors (Lipinski definition) is 4.